The number of amides is 1. The van der Waals surface area contributed by atoms with Crippen molar-refractivity contribution >= 4 is 21.9 Å². The Morgan fingerprint density at radius 3 is 2.22 bits per heavy atom. The Hall–Kier alpha value is -2.95. The lowest BCUT2D eigenvalue weighted by atomic mass is 10.1. The van der Waals surface area contributed by atoms with Crippen LogP contribution in [-0.4, -0.2) is 79.6 Å². The number of carbonyl (C=O) groups excluding carboxylic acids is 1. The number of aliphatic carboxylic acids is 1. The van der Waals surface area contributed by atoms with Crippen molar-refractivity contribution in [2.45, 2.75) is 12.6 Å². The van der Waals surface area contributed by atoms with Crippen molar-refractivity contribution in [2.75, 3.05) is 39.0 Å². The molecule has 0 spiro atoms. The first-order valence-electron chi connectivity index (χ1n) is 10.2. The molecule has 2 aromatic carbocycles. The molecular formula is C22H27N3O6S. The number of carboxylic acid groups (broad SMARTS) is 1. The molecule has 1 unspecified atom stereocenters. The number of carboxylic acids is 1. The number of ether oxygens (including phenoxy) is 1. The number of hydrogen-bond acceptors (Lipinski definition) is 6. The number of piperazine rings is 1. The molecule has 1 aliphatic rings. The predicted octanol–water partition coefficient (Wildman–Crippen LogP) is 1.03. The normalized spacial score (nSPS) is 16.3. The van der Waals surface area contributed by atoms with Gasteiger partial charge in [-0.25, -0.2) is 8.42 Å². The molecule has 9 nitrogen and oxygen atoms in total. The van der Waals surface area contributed by atoms with Crippen LogP contribution < -0.4 is 10.1 Å². The fourth-order valence-electron chi connectivity index (χ4n) is 3.45. The lowest BCUT2D eigenvalue weighted by molar-refractivity contribution is -0.143. The van der Waals surface area contributed by atoms with E-state index in [-0.39, 0.29) is 38.6 Å². The van der Waals surface area contributed by atoms with E-state index in [1.807, 2.05) is 30.3 Å². The third-order valence-corrected chi connectivity index (χ3v) is 6.59. The fraction of sp³-hybridized carbons (Fsp3) is 0.364. The lowest BCUT2D eigenvalue weighted by Gasteiger charge is -2.36. The van der Waals surface area contributed by atoms with Gasteiger partial charge in [-0.05, 0) is 29.8 Å². The maximum atomic E-state index is 12.5. The highest BCUT2D eigenvalue weighted by atomic mass is 32.2. The van der Waals surface area contributed by atoms with Crippen molar-refractivity contribution in [3.05, 3.63) is 65.7 Å². The molecule has 1 atom stereocenters. The molecule has 1 amide bonds. The number of rotatable bonds is 9. The van der Waals surface area contributed by atoms with Gasteiger partial charge in [0.15, 0.2) is 0 Å². The molecule has 1 aliphatic heterocycles. The van der Waals surface area contributed by atoms with E-state index in [0.29, 0.717) is 17.9 Å². The summed E-state index contributed by atoms with van der Waals surface area (Å²) in [4.78, 5) is 25.9. The predicted molar refractivity (Wildman–Crippen MR) is 119 cm³/mol. The van der Waals surface area contributed by atoms with Gasteiger partial charge in [0.1, 0.15) is 18.4 Å². The van der Waals surface area contributed by atoms with Gasteiger partial charge < -0.3 is 15.2 Å². The second-order valence-corrected chi connectivity index (χ2v) is 9.54. The highest BCUT2D eigenvalue weighted by Crippen LogP contribution is 2.15. The fourth-order valence-corrected chi connectivity index (χ4v) is 4.28. The van der Waals surface area contributed by atoms with Crippen molar-refractivity contribution < 1.29 is 27.9 Å². The number of carbonyl (C=O) groups is 2. The van der Waals surface area contributed by atoms with Gasteiger partial charge in [0.2, 0.25) is 10.0 Å². The van der Waals surface area contributed by atoms with Crippen LogP contribution in [0.15, 0.2) is 54.6 Å². The summed E-state index contributed by atoms with van der Waals surface area (Å²) >= 11 is 0. The first-order valence-corrected chi connectivity index (χ1v) is 12.1. The van der Waals surface area contributed by atoms with E-state index in [4.69, 9.17) is 4.74 Å². The van der Waals surface area contributed by atoms with Crippen LogP contribution >= 0.6 is 0 Å². The van der Waals surface area contributed by atoms with Crippen molar-refractivity contribution in [2.24, 2.45) is 0 Å². The smallest absolute Gasteiger partial charge is 0.322 e. The van der Waals surface area contributed by atoms with Crippen molar-refractivity contribution in [1.29, 1.82) is 0 Å². The van der Waals surface area contributed by atoms with Gasteiger partial charge in [0, 0.05) is 38.3 Å². The minimum Gasteiger partial charge on any atom is -0.489 e. The van der Waals surface area contributed by atoms with Gasteiger partial charge in [-0.15, -0.1) is 0 Å². The molecule has 0 bridgehead atoms. The molecule has 0 aromatic heterocycles. The summed E-state index contributed by atoms with van der Waals surface area (Å²) in [5.41, 5.74) is 1.43. The van der Waals surface area contributed by atoms with Gasteiger partial charge in [-0.2, -0.15) is 4.31 Å². The highest BCUT2D eigenvalue weighted by Gasteiger charge is 2.31. The Morgan fingerprint density at radius 1 is 1.03 bits per heavy atom. The molecule has 1 saturated heterocycles. The minimum absolute atomic E-state index is 0.0840. The van der Waals surface area contributed by atoms with E-state index < -0.39 is 22.0 Å². The Kier molecular flexibility index (Phi) is 7.84. The summed E-state index contributed by atoms with van der Waals surface area (Å²) in [5, 5.41) is 12.2. The lowest BCUT2D eigenvalue weighted by Crippen LogP contribution is -2.56. The first kappa shape index (κ1) is 23.7. The summed E-state index contributed by atoms with van der Waals surface area (Å²) in [7, 11) is -3.30. The maximum absolute atomic E-state index is 12.5. The molecule has 0 radical (unpaired) electrons. The van der Waals surface area contributed by atoms with Gasteiger partial charge in [-0.3, -0.25) is 14.5 Å². The molecule has 2 N–H and O–H groups in total. The molecule has 172 valence electrons. The van der Waals surface area contributed by atoms with Crippen LogP contribution in [0.2, 0.25) is 0 Å². The van der Waals surface area contributed by atoms with Crippen LogP contribution in [0.4, 0.5) is 0 Å². The summed E-state index contributed by atoms with van der Waals surface area (Å²) in [6.07, 6.45) is 1.13. The van der Waals surface area contributed by atoms with Crippen molar-refractivity contribution in [1.82, 2.24) is 14.5 Å². The Balaban J connectivity index is 1.51. The van der Waals surface area contributed by atoms with Gasteiger partial charge in [0.05, 0.1) is 6.26 Å². The van der Waals surface area contributed by atoms with Crippen LogP contribution in [0.3, 0.4) is 0 Å². The molecule has 32 heavy (non-hydrogen) atoms. The van der Waals surface area contributed by atoms with Gasteiger partial charge in [-0.1, -0.05) is 30.3 Å². The monoisotopic (exact) mass is 461 g/mol. The van der Waals surface area contributed by atoms with Crippen LogP contribution in [0.1, 0.15) is 15.9 Å². The Morgan fingerprint density at radius 2 is 1.66 bits per heavy atom. The largest absolute Gasteiger partial charge is 0.489 e. The number of nitrogens with one attached hydrogen (secondary N) is 1. The second kappa shape index (κ2) is 10.6. The summed E-state index contributed by atoms with van der Waals surface area (Å²) in [5.74, 6) is -0.832. The average molecular weight is 462 g/mol. The number of sulfonamides is 1. The van der Waals surface area contributed by atoms with E-state index in [0.717, 1.165) is 11.8 Å². The first-order chi connectivity index (χ1) is 15.2. The number of hydrogen-bond donors (Lipinski definition) is 2. The minimum atomic E-state index is -3.30. The van der Waals surface area contributed by atoms with E-state index in [2.05, 4.69) is 5.32 Å². The van der Waals surface area contributed by atoms with E-state index in [1.54, 1.807) is 29.2 Å². The van der Waals surface area contributed by atoms with Crippen LogP contribution in [0.25, 0.3) is 0 Å². The van der Waals surface area contributed by atoms with Crippen molar-refractivity contribution in [3.63, 3.8) is 0 Å². The zero-order valence-corrected chi connectivity index (χ0v) is 18.6. The molecule has 0 aliphatic carbocycles. The molecule has 2 aromatic rings. The zero-order valence-electron chi connectivity index (χ0n) is 17.8. The molecule has 3 rings (SSSR count). The molecule has 10 heteroatoms. The molecule has 1 heterocycles. The van der Waals surface area contributed by atoms with Crippen molar-refractivity contribution in [3.8, 4) is 5.75 Å². The third kappa shape index (κ3) is 6.52. The van der Waals surface area contributed by atoms with Crippen LogP contribution in [0.5, 0.6) is 5.75 Å². The SMILES string of the molecule is CS(=O)(=O)N1CCN(C(CNC(=O)c2ccc(OCc3ccccc3)cc2)C(=O)O)CC1. The number of nitrogens with zero attached hydrogens (tertiary/aromatic N) is 2. The summed E-state index contributed by atoms with van der Waals surface area (Å²) in [6, 6.07) is 15.4. The van der Waals surface area contributed by atoms with Gasteiger partial charge >= 0.3 is 5.97 Å². The quantitative estimate of drug-likeness (QED) is 0.573. The van der Waals surface area contributed by atoms with E-state index in [9.17, 15) is 23.1 Å². The zero-order chi connectivity index (χ0) is 23.1. The Labute approximate surface area is 187 Å². The van der Waals surface area contributed by atoms with E-state index >= 15 is 0 Å². The van der Waals surface area contributed by atoms with Gasteiger partial charge in [0.25, 0.3) is 5.91 Å². The highest BCUT2D eigenvalue weighted by molar-refractivity contribution is 7.88. The topological polar surface area (TPSA) is 116 Å². The van der Waals surface area contributed by atoms with E-state index in [1.165, 1.54) is 4.31 Å². The van der Waals surface area contributed by atoms with Crippen LogP contribution in [-0.2, 0) is 21.4 Å². The maximum Gasteiger partial charge on any atom is 0.322 e. The third-order valence-electron chi connectivity index (χ3n) is 5.29. The molecule has 1 fully saturated rings. The standard InChI is InChI=1S/C22H27N3O6S/c1-32(29,30)25-13-11-24(12-14-25)20(22(27)28)15-23-21(26)18-7-9-19(10-8-18)31-16-17-5-3-2-4-6-17/h2-10,20H,11-16H2,1H3,(H,23,26)(H,27,28). The summed E-state index contributed by atoms with van der Waals surface area (Å²) < 4.78 is 30.3. The summed E-state index contributed by atoms with van der Waals surface area (Å²) in [6.45, 7) is 1.35. The molecule has 0 saturated carbocycles. The second-order valence-electron chi connectivity index (χ2n) is 7.56. The number of benzene rings is 2. The molecular weight excluding hydrogens is 434 g/mol. The van der Waals surface area contributed by atoms with Crippen LogP contribution in [0, 0.1) is 0 Å². The Bertz CT molecular complexity index is 1020. The average Bonchev–Trinajstić information content (AvgIpc) is 2.78.